The Hall–Kier alpha value is -2.80. The largest absolute Gasteiger partial charge is 0.493 e. The summed E-state index contributed by atoms with van der Waals surface area (Å²) in [4.78, 5) is 18.3. The summed E-state index contributed by atoms with van der Waals surface area (Å²) in [7, 11) is 3.22. The minimum absolute atomic E-state index is 0.150. The lowest BCUT2D eigenvalue weighted by molar-refractivity contribution is -0.892. The van der Waals surface area contributed by atoms with Gasteiger partial charge in [0.2, 0.25) is 0 Å². The van der Waals surface area contributed by atoms with Gasteiger partial charge in [0.05, 0.1) is 40.4 Å². The Morgan fingerprint density at radius 3 is 2.33 bits per heavy atom. The molecule has 0 spiro atoms. The second kappa shape index (κ2) is 10.3. The number of hydrogen-bond donors (Lipinski definition) is 1. The number of carbonyl (C=O) groups excluding carboxylic acids is 1. The van der Waals surface area contributed by atoms with Gasteiger partial charge in [-0.3, -0.25) is 4.79 Å². The molecule has 162 valence electrons. The molecule has 0 unspecified atom stereocenters. The number of hydrogen-bond acceptors (Lipinski definition) is 4. The van der Waals surface area contributed by atoms with Gasteiger partial charge in [-0.15, -0.1) is 0 Å². The Bertz CT molecular complexity index is 836. The standard InChI is InChI=1S/C23H30FN3O3/c1-4-26(16-18-5-10-21(29-2)22(15-18)30-3)23(28)17-25-11-13-27(14-12-25)20-8-6-19(24)7-9-20/h5-10,15H,4,11-14,16-17H2,1-3H3/p+1. The zero-order valence-corrected chi connectivity index (χ0v) is 18.0. The molecule has 1 aliphatic rings. The molecule has 6 nitrogen and oxygen atoms in total. The number of halogens is 1. The SMILES string of the molecule is CCN(Cc1ccc(OC)c(OC)c1)C(=O)C[NH+]1CCN(c2ccc(F)cc2)CC1. The van der Waals surface area contributed by atoms with E-state index in [4.69, 9.17) is 9.47 Å². The van der Waals surface area contributed by atoms with E-state index in [2.05, 4.69) is 4.90 Å². The molecular weight excluding hydrogens is 385 g/mol. The third-order valence-corrected chi connectivity index (χ3v) is 5.62. The van der Waals surface area contributed by atoms with Gasteiger partial charge in [-0.25, -0.2) is 4.39 Å². The van der Waals surface area contributed by atoms with Crippen molar-refractivity contribution in [2.24, 2.45) is 0 Å². The monoisotopic (exact) mass is 416 g/mol. The lowest BCUT2D eigenvalue weighted by atomic mass is 10.2. The molecule has 7 heteroatoms. The van der Waals surface area contributed by atoms with Crippen LogP contribution in [0, 0.1) is 5.82 Å². The first-order valence-electron chi connectivity index (χ1n) is 10.4. The number of amides is 1. The molecule has 1 N–H and O–H groups in total. The van der Waals surface area contributed by atoms with Crippen LogP contribution >= 0.6 is 0 Å². The van der Waals surface area contributed by atoms with Crippen molar-refractivity contribution in [3.05, 3.63) is 53.8 Å². The molecule has 1 aliphatic heterocycles. The number of methoxy groups -OCH3 is 2. The third-order valence-electron chi connectivity index (χ3n) is 5.62. The number of benzene rings is 2. The molecule has 0 saturated carbocycles. The molecular formula is C23H31FN3O3+. The number of ether oxygens (including phenoxy) is 2. The summed E-state index contributed by atoms with van der Waals surface area (Å²) >= 11 is 0. The van der Waals surface area contributed by atoms with Crippen molar-refractivity contribution in [1.29, 1.82) is 0 Å². The minimum Gasteiger partial charge on any atom is -0.493 e. The van der Waals surface area contributed by atoms with Crippen LogP contribution in [0.4, 0.5) is 10.1 Å². The van der Waals surface area contributed by atoms with E-state index >= 15 is 0 Å². The molecule has 1 saturated heterocycles. The quantitative estimate of drug-likeness (QED) is 0.710. The van der Waals surface area contributed by atoms with Crippen molar-refractivity contribution in [2.45, 2.75) is 13.5 Å². The van der Waals surface area contributed by atoms with Crippen LogP contribution in [-0.4, -0.2) is 64.3 Å². The highest BCUT2D eigenvalue weighted by molar-refractivity contribution is 5.77. The molecule has 0 bridgehead atoms. The molecule has 1 heterocycles. The maximum Gasteiger partial charge on any atom is 0.278 e. The molecule has 0 atom stereocenters. The molecule has 2 aromatic carbocycles. The zero-order chi connectivity index (χ0) is 21.5. The van der Waals surface area contributed by atoms with Gasteiger partial charge in [-0.2, -0.15) is 0 Å². The number of quaternary nitrogens is 1. The van der Waals surface area contributed by atoms with E-state index in [1.54, 1.807) is 14.2 Å². The zero-order valence-electron chi connectivity index (χ0n) is 18.0. The second-order valence-corrected chi connectivity index (χ2v) is 7.49. The molecule has 0 radical (unpaired) electrons. The predicted octanol–water partition coefficient (Wildman–Crippen LogP) is 1.60. The fraction of sp³-hybridized carbons (Fsp3) is 0.435. The van der Waals surface area contributed by atoms with Crippen LogP contribution in [0.1, 0.15) is 12.5 Å². The average molecular weight is 417 g/mol. The summed E-state index contributed by atoms with van der Waals surface area (Å²) in [5.74, 6) is 1.28. The summed E-state index contributed by atoms with van der Waals surface area (Å²) in [6.07, 6.45) is 0. The summed E-state index contributed by atoms with van der Waals surface area (Å²) < 4.78 is 23.8. The Balaban J connectivity index is 1.54. The maximum atomic E-state index is 13.1. The molecule has 0 aliphatic carbocycles. The third kappa shape index (κ3) is 5.42. The van der Waals surface area contributed by atoms with Crippen LogP contribution in [0.5, 0.6) is 11.5 Å². The van der Waals surface area contributed by atoms with Crippen LogP contribution in [0.25, 0.3) is 0 Å². The number of likely N-dealkylation sites (N-methyl/N-ethyl adjacent to an activating group) is 1. The molecule has 1 fully saturated rings. The van der Waals surface area contributed by atoms with Gasteiger partial charge in [0.25, 0.3) is 5.91 Å². The first-order valence-corrected chi connectivity index (χ1v) is 10.4. The highest BCUT2D eigenvalue weighted by Gasteiger charge is 2.24. The molecule has 2 aromatic rings. The Labute approximate surface area is 177 Å². The number of nitrogens with zero attached hydrogens (tertiary/aromatic N) is 2. The van der Waals surface area contributed by atoms with Crippen molar-refractivity contribution in [3.63, 3.8) is 0 Å². The van der Waals surface area contributed by atoms with E-state index < -0.39 is 0 Å². The van der Waals surface area contributed by atoms with Crippen molar-refractivity contribution >= 4 is 11.6 Å². The van der Waals surface area contributed by atoms with Crippen LogP contribution < -0.4 is 19.3 Å². The highest BCUT2D eigenvalue weighted by atomic mass is 19.1. The van der Waals surface area contributed by atoms with E-state index in [1.807, 2.05) is 42.2 Å². The Morgan fingerprint density at radius 2 is 1.73 bits per heavy atom. The number of nitrogens with one attached hydrogen (secondary N) is 1. The molecule has 0 aromatic heterocycles. The van der Waals surface area contributed by atoms with Crippen LogP contribution in [0.15, 0.2) is 42.5 Å². The summed E-state index contributed by atoms with van der Waals surface area (Å²) in [5.41, 5.74) is 2.05. The van der Waals surface area contributed by atoms with Crippen molar-refractivity contribution in [3.8, 4) is 11.5 Å². The highest BCUT2D eigenvalue weighted by Crippen LogP contribution is 2.28. The van der Waals surface area contributed by atoms with Gasteiger partial charge in [0.15, 0.2) is 18.0 Å². The second-order valence-electron chi connectivity index (χ2n) is 7.49. The van der Waals surface area contributed by atoms with Crippen LogP contribution in [-0.2, 0) is 11.3 Å². The first kappa shape index (κ1) is 21.9. The molecule has 1 amide bonds. The Morgan fingerprint density at radius 1 is 1.07 bits per heavy atom. The van der Waals surface area contributed by atoms with Gasteiger partial charge in [0.1, 0.15) is 5.82 Å². The maximum absolute atomic E-state index is 13.1. The number of piperazine rings is 1. The van der Waals surface area contributed by atoms with E-state index in [-0.39, 0.29) is 11.7 Å². The van der Waals surface area contributed by atoms with Gasteiger partial charge >= 0.3 is 0 Å². The molecule has 3 rings (SSSR count). The number of anilines is 1. The van der Waals surface area contributed by atoms with Crippen LogP contribution in [0.2, 0.25) is 0 Å². The Kier molecular flexibility index (Phi) is 7.52. The van der Waals surface area contributed by atoms with Gasteiger partial charge in [-0.05, 0) is 48.9 Å². The van der Waals surface area contributed by atoms with Crippen LogP contribution in [0.3, 0.4) is 0 Å². The average Bonchev–Trinajstić information content (AvgIpc) is 2.78. The molecule has 30 heavy (non-hydrogen) atoms. The minimum atomic E-state index is -0.220. The predicted molar refractivity (Wildman–Crippen MR) is 115 cm³/mol. The lowest BCUT2D eigenvalue weighted by Crippen LogP contribution is -3.15. The summed E-state index contributed by atoms with van der Waals surface area (Å²) in [5, 5.41) is 0. The van der Waals surface area contributed by atoms with Crippen molar-refractivity contribution in [2.75, 3.05) is 58.4 Å². The van der Waals surface area contributed by atoms with Crippen molar-refractivity contribution in [1.82, 2.24) is 4.90 Å². The summed E-state index contributed by atoms with van der Waals surface area (Å²) in [6.45, 7) is 7.17. The normalized spacial score (nSPS) is 14.5. The lowest BCUT2D eigenvalue weighted by Gasteiger charge is -2.34. The fourth-order valence-corrected chi connectivity index (χ4v) is 3.81. The van der Waals surface area contributed by atoms with Gasteiger partial charge in [-0.1, -0.05) is 6.07 Å². The van der Waals surface area contributed by atoms with E-state index in [1.165, 1.54) is 17.0 Å². The first-order chi connectivity index (χ1) is 14.5. The van der Waals surface area contributed by atoms with E-state index in [0.717, 1.165) is 37.4 Å². The van der Waals surface area contributed by atoms with E-state index in [9.17, 15) is 9.18 Å². The van der Waals surface area contributed by atoms with Gasteiger partial charge in [0, 0.05) is 18.8 Å². The number of rotatable bonds is 8. The van der Waals surface area contributed by atoms with Crippen molar-refractivity contribution < 1.29 is 23.6 Å². The number of carbonyl (C=O) groups is 1. The fourth-order valence-electron chi connectivity index (χ4n) is 3.81. The summed E-state index contributed by atoms with van der Waals surface area (Å²) in [6, 6.07) is 12.4. The topological polar surface area (TPSA) is 46.5 Å². The smallest absolute Gasteiger partial charge is 0.278 e. The van der Waals surface area contributed by atoms with Gasteiger partial charge < -0.3 is 24.2 Å². The van der Waals surface area contributed by atoms with E-state index in [0.29, 0.717) is 31.1 Å².